The lowest BCUT2D eigenvalue weighted by Gasteiger charge is -2.12. The first kappa shape index (κ1) is 19.9. The van der Waals surface area contributed by atoms with Crippen LogP contribution in [0.2, 0.25) is 0 Å². The van der Waals surface area contributed by atoms with E-state index in [-0.39, 0.29) is 23.0 Å². The zero-order valence-electron chi connectivity index (χ0n) is 15.9. The molecular weight excluding hydrogens is 401 g/mol. The summed E-state index contributed by atoms with van der Waals surface area (Å²) in [4.78, 5) is 26.4. The van der Waals surface area contributed by atoms with Crippen LogP contribution in [0.15, 0.2) is 77.7 Å². The molecule has 0 spiro atoms. The molecule has 150 valence electrons. The van der Waals surface area contributed by atoms with Gasteiger partial charge in [-0.2, -0.15) is 0 Å². The Hall–Kier alpha value is -3.38. The number of imide groups is 1. The van der Waals surface area contributed by atoms with E-state index in [4.69, 9.17) is 0 Å². The van der Waals surface area contributed by atoms with E-state index in [1.165, 1.54) is 12.1 Å². The molecule has 3 aromatic rings. The van der Waals surface area contributed by atoms with Crippen molar-refractivity contribution in [3.05, 3.63) is 106 Å². The molecule has 6 heteroatoms. The third-order valence-corrected chi connectivity index (χ3v) is 5.66. The molecule has 1 saturated heterocycles. The molecule has 1 N–H and O–H groups in total. The number of carbonyl (C=O) groups is 2. The summed E-state index contributed by atoms with van der Waals surface area (Å²) >= 11 is 0.831. The summed E-state index contributed by atoms with van der Waals surface area (Å²) in [5.74, 6) is -0.766. The Morgan fingerprint density at radius 2 is 1.60 bits per heavy atom. The molecule has 4 nitrogen and oxygen atoms in total. The monoisotopic (exact) mass is 419 g/mol. The molecule has 0 aliphatic carbocycles. The predicted octanol–water partition coefficient (Wildman–Crippen LogP) is 5.36. The van der Waals surface area contributed by atoms with Gasteiger partial charge < -0.3 is 5.11 Å². The van der Waals surface area contributed by atoms with E-state index in [2.05, 4.69) is 0 Å². The van der Waals surface area contributed by atoms with Crippen LogP contribution in [0.3, 0.4) is 0 Å². The molecule has 0 saturated carbocycles. The third-order valence-electron chi connectivity index (χ3n) is 4.76. The standard InChI is InChI=1S/C24H18FNO3S/c25-20-9-6-17(7-10-20)15-26-23(28)22(30-24(26)29)14-19-13-18(8-11-21(19)27)12-16-4-2-1-3-5-16/h1-11,13-14,27H,12,15H2/b22-14-. The van der Waals surface area contributed by atoms with Crippen molar-refractivity contribution in [2.24, 2.45) is 0 Å². The molecule has 0 bridgehead atoms. The first-order valence-electron chi connectivity index (χ1n) is 9.35. The second-order valence-corrected chi connectivity index (χ2v) is 7.94. The van der Waals surface area contributed by atoms with Gasteiger partial charge in [0.05, 0.1) is 11.4 Å². The summed E-state index contributed by atoms with van der Waals surface area (Å²) in [7, 11) is 0. The lowest BCUT2D eigenvalue weighted by Crippen LogP contribution is -2.27. The van der Waals surface area contributed by atoms with Gasteiger partial charge in [-0.15, -0.1) is 0 Å². The van der Waals surface area contributed by atoms with E-state index in [1.54, 1.807) is 24.3 Å². The number of thioether (sulfide) groups is 1. The number of benzene rings is 3. The first-order valence-corrected chi connectivity index (χ1v) is 10.2. The second kappa shape index (κ2) is 8.55. The second-order valence-electron chi connectivity index (χ2n) is 6.95. The quantitative estimate of drug-likeness (QED) is 0.566. The van der Waals surface area contributed by atoms with Gasteiger partial charge in [0.2, 0.25) is 0 Å². The van der Waals surface area contributed by atoms with Gasteiger partial charge in [-0.3, -0.25) is 14.5 Å². The van der Waals surface area contributed by atoms with Crippen molar-refractivity contribution in [2.75, 3.05) is 0 Å². The van der Waals surface area contributed by atoms with E-state index in [9.17, 15) is 19.1 Å². The SMILES string of the molecule is O=C1S/C(=C\c2cc(Cc3ccccc3)ccc2O)C(=O)N1Cc1ccc(F)cc1. The van der Waals surface area contributed by atoms with E-state index in [0.717, 1.165) is 27.8 Å². The number of hydrogen-bond donors (Lipinski definition) is 1. The number of rotatable bonds is 5. The van der Waals surface area contributed by atoms with Crippen molar-refractivity contribution in [3.8, 4) is 5.75 Å². The van der Waals surface area contributed by atoms with Gasteiger partial charge in [0, 0.05) is 5.56 Å². The summed E-state index contributed by atoms with van der Waals surface area (Å²) in [6.45, 7) is 0.0717. The average molecular weight is 419 g/mol. The average Bonchev–Trinajstić information content (AvgIpc) is 3.00. The normalized spacial score (nSPS) is 15.2. The number of carbonyl (C=O) groups excluding carboxylic acids is 2. The highest BCUT2D eigenvalue weighted by Crippen LogP contribution is 2.35. The van der Waals surface area contributed by atoms with Crippen molar-refractivity contribution < 1.29 is 19.1 Å². The maximum Gasteiger partial charge on any atom is 0.293 e. The minimum absolute atomic E-state index is 0.0390. The Balaban J connectivity index is 1.55. The van der Waals surface area contributed by atoms with Crippen molar-refractivity contribution in [3.63, 3.8) is 0 Å². The molecule has 1 heterocycles. The number of nitrogens with zero attached hydrogens (tertiary/aromatic N) is 1. The molecule has 3 aromatic carbocycles. The molecule has 1 aliphatic heterocycles. The van der Waals surface area contributed by atoms with Crippen LogP contribution >= 0.6 is 11.8 Å². The van der Waals surface area contributed by atoms with Crippen LogP contribution in [-0.2, 0) is 17.8 Å². The van der Waals surface area contributed by atoms with Crippen LogP contribution in [0.25, 0.3) is 6.08 Å². The highest BCUT2D eigenvalue weighted by atomic mass is 32.2. The predicted molar refractivity (Wildman–Crippen MR) is 115 cm³/mol. The minimum Gasteiger partial charge on any atom is -0.507 e. The molecule has 0 unspecified atom stereocenters. The van der Waals surface area contributed by atoms with Gasteiger partial charge in [-0.1, -0.05) is 48.5 Å². The number of phenols is 1. The number of aromatic hydroxyl groups is 1. The van der Waals surface area contributed by atoms with Crippen LogP contribution in [0.1, 0.15) is 22.3 Å². The largest absolute Gasteiger partial charge is 0.507 e. The van der Waals surface area contributed by atoms with Crippen molar-refractivity contribution >= 4 is 29.0 Å². The van der Waals surface area contributed by atoms with E-state index >= 15 is 0 Å². The molecule has 1 fully saturated rings. The summed E-state index contributed by atoms with van der Waals surface area (Å²) in [6.07, 6.45) is 2.23. The molecule has 4 rings (SSSR count). The maximum absolute atomic E-state index is 13.1. The maximum atomic E-state index is 13.1. The Morgan fingerprint density at radius 3 is 2.33 bits per heavy atom. The number of hydrogen-bond acceptors (Lipinski definition) is 4. The lowest BCUT2D eigenvalue weighted by molar-refractivity contribution is -0.123. The molecule has 2 amide bonds. The fraction of sp³-hybridized carbons (Fsp3) is 0.0833. The van der Waals surface area contributed by atoms with Crippen LogP contribution in [0.4, 0.5) is 9.18 Å². The first-order chi connectivity index (χ1) is 14.5. The summed E-state index contributed by atoms with van der Waals surface area (Å²) in [5, 5.41) is 9.85. The van der Waals surface area contributed by atoms with Gasteiger partial charge in [0.15, 0.2) is 0 Å². The van der Waals surface area contributed by atoms with Gasteiger partial charge in [-0.05, 0) is 65.2 Å². The molecule has 0 aromatic heterocycles. The Morgan fingerprint density at radius 1 is 0.900 bits per heavy atom. The highest BCUT2D eigenvalue weighted by molar-refractivity contribution is 8.18. The van der Waals surface area contributed by atoms with E-state index in [1.807, 2.05) is 42.5 Å². The number of amides is 2. The van der Waals surface area contributed by atoms with Gasteiger partial charge in [-0.25, -0.2) is 4.39 Å². The van der Waals surface area contributed by atoms with Crippen LogP contribution in [-0.4, -0.2) is 21.2 Å². The molecule has 1 aliphatic rings. The number of halogens is 1. The highest BCUT2D eigenvalue weighted by Gasteiger charge is 2.35. The third kappa shape index (κ3) is 4.44. The van der Waals surface area contributed by atoms with Gasteiger partial charge in [0.1, 0.15) is 11.6 Å². The molecule has 0 radical (unpaired) electrons. The smallest absolute Gasteiger partial charge is 0.293 e. The molecule has 30 heavy (non-hydrogen) atoms. The lowest BCUT2D eigenvalue weighted by atomic mass is 10.0. The van der Waals surface area contributed by atoms with Crippen LogP contribution < -0.4 is 0 Å². The summed E-state index contributed by atoms with van der Waals surface area (Å²) in [6, 6.07) is 20.8. The summed E-state index contributed by atoms with van der Waals surface area (Å²) < 4.78 is 13.1. The van der Waals surface area contributed by atoms with Gasteiger partial charge in [0.25, 0.3) is 11.1 Å². The van der Waals surface area contributed by atoms with Crippen molar-refractivity contribution in [1.82, 2.24) is 4.90 Å². The molecular formula is C24H18FNO3S. The Bertz CT molecular complexity index is 1130. The summed E-state index contributed by atoms with van der Waals surface area (Å²) in [5.41, 5.74) is 3.26. The zero-order valence-corrected chi connectivity index (χ0v) is 16.7. The topological polar surface area (TPSA) is 57.6 Å². The van der Waals surface area contributed by atoms with Crippen molar-refractivity contribution in [2.45, 2.75) is 13.0 Å². The van der Waals surface area contributed by atoms with E-state index < -0.39 is 11.1 Å². The zero-order chi connectivity index (χ0) is 21.1. The number of phenolic OH excluding ortho intramolecular Hbond substituents is 1. The van der Waals surface area contributed by atoms with Crippen LogP contribution in [0, 0.1) is 5.82 Å². The minimum atomic E-state index is -0.429. The fourth-order valence-electron chi connectivity index (χ4n) is 3.21. The van der Waals surface area contributed by atoms with Crippen LogP contribution in [0.5, 0.6) is 5.75 Å². The van der Waals surface area contributed by atoms with Gasteiger partial charge >= 0.3 is 0 Å². The Kier molecular flexibility index (Phi) is 5.68. The van der Waals surface area contributed by atoms with E-state index in [0.29, 0.717) is 17.5 Å². The molecule has 0 atom stereocenters. The Labute approximate surface area is 177 Å². The fourth-order valence-corrected chi connectivity index (χ4v) is 4.04. The van der Waals surface area contributed by atoms with Crippen molar-refractivity contribution in [1.29, 1.82) is 0 Å².